The number of pyridine rings is 1. The molecular formula is C21H16F3N5OS2. The van der Waals surface area contributed by atoms with Gasteiger partial charge in [-0.2, -0.15) is 13.2 Å². The Bertz CT molecular complexity index is 1220. The molecule has 0 saturated heterocycles. The molecular weight excluding hydrogens is 459 g/mol. The molecule has 1 N–H and O–H groups in total. The zero-order chi connectivity index (χ0) is 22.7. The smallest absolute Gasteiger partial charge is 0.333 e. The standard InChI is InChI=1S/C21H16F3N5OS2/c1-29-10-9-25-19(29)18-17(13-5-3-2-4-6-13)28-20(32-18)27-15(30)12-31-16-8-7-14(11-26-16)21(22,23)24/h2-11H,12H2,1H3,(H,27,28,30). The molecule has 0 fully saturated rings. The van der Waals surface area contributed by atoms with Crippen LogP contribution in [0.2, 0.25) is 0 Å². The van der Waals surface area contributed by atoms with Crippen LogP contribution in [0.5, 0.6) is 0 Å². The molecule has 0 unspecified atom stereocenters. The number of thiazole rings is 1. The van der Waals surface area contributed by atoms with Gasteiger partial charge in [-0.1, -0.05) is 53.4 Å². The van der Waals surface area contributed by atoms with Crippen molar-refractivity contribution in [2.75, 3.05) is 11.1 Å². The Morgan fingerprint density at radius 3 is 2.56 bits per heavy atom. The highest BCUT2D eigenvalue weighted by atomic mass is 32.2. The Balaban J connectivity index is 1.49. The minimum absolute atomic E-state index is 0.0175. The summed E-state index contributed by atoms with van der Waals surface area (Å²) in [6.45, 7) is 0. The number of hydrogen-bond donors (Lipinski definition) is 1. The maximum absolute atomic E-state index is 12.6. The molecule has 32 heavy (non-hydrogen) atoms. The van der Waals surface area contributed by atoms with Crippen molar-refractivity contribution in [3.8, 4) is 22.0 Å². The molecule has 0 bridgehead atoms. The summed E-state index contributed by atoms with van der Waals surface area (Å²) < 4.78 is 39.8. The van der Waals surface area contributed by atoms with Crippen molar-refractivity contribution in [2.24, 2.45) is 7.05 Å². The molecule has 0 aliphatic rings. The Kier molecular flexibility index (Phi) is 6.28. The summed E-state index contributed by atoms with van der Waals surface area (Å²) >= 11 is 2.35. The van der Waals surface area contributed by atoms with E-state index in [4.69, 9.17) is 0 Å². The minimum Gasteiger partial charge on any atom is -0.333 e. The van der Waals surface area contributed by atoms with Gasteiger partial charge in [0, 0.05) is 31.2 Å². The molecule has 4 aromatic rings. The van der Waals surface area contributed by atoms with Gasteiger partial charge in [0.05, 0.1) is 26.9 Å². The summed E-state index contributed by atoms with van der Waals surface area (Å²) in [6.07, 6.45) is -0.169. The lowest BCUT2D eigenvalue weighted by molar-refractivity contribution is -0.137. The number of halogens is 3. The molecule has 3 heterocycles. The van der Waals surface area contributed by atoms with Crippen LogP contribution in [0.4, 0.5) is 18.3 Å². The van der Waals surface area contributed by atoms with Gasteiger partial charge < -0.3 is 9.88 Å². The van der Waals surface area contributed by atoms with Crippen LogP contribution < -0.4 is 5.32 Å². The summed E-state index contributed by atoms with van der Waals surface area (Å²) in [5.74, 6) is 0.373. The Labute approximate surface area is 189 Å². The van der Waals surface area contributed by atoms with Crippen LogP contribution >= 0.6 is 23.1 Å². The highest BCUT2D eigenvalue weighted by Gasteiger charge is 2.30. The monoisotopic (exact) mass is 475 g/mol. The van der Waals surface area contributed by atoms with Crippen LogP contribution in [0.1, 0.15) is 5.56 Å². The maximum Gasteiger partial charge on any atom is 0.417 e. The van der Waals surface area contributed by atoms with E-state index < -0.39 is 11.7 Å². The van der Waals surface area contributed by atoms with Crippen molar-refractivity contribution in [3.05, 3.63) is 66.6 Å². The zero-order valence-corrected chi connectivity index (χ0v) is 18.3. The second-order valence-electron chi connectivity index (χ2n) is 6.64. The Morgan fingerprint density at radius 1 is 1.16 bits per heavy atom. The fourth-order valence-corrected chi connectivity index (χ4v) is 4.52. The predicted molar refractivity (Wildman–Crippen MR) is 118 cm³/mol. The summed E-state index contributed by atoms with van der Waals surface area (Å²) in [7, 11) is 1.88. The summed E-state index contributed by atoms with van der Waals surface area (Å²) in [5.41, 5.74) is 0.771. The number of hydrogen-bond acceptors (Lipinski definition) is 6. The van der Waals surface area contributed by atoms with Gasteiger partial charge in [-0.05, 0) is 12.1 Å². The molecule has 11 heteroatoms. The second kappa shape index (κ2) is 9.13. The number of anilines is 1. The number of carbonyl (C=O) groups is 1. The predicted octanol–water partition coefficient (Wildman–Crippen LogP) is 5.36. The van der Waals surface area contributed by atoms with E-state index in [2.05, 4.69) is 20.3 Å². The van der Waals surface area contributed by atoms with Crippen LogP contribution in [-0.2, 0) is 18.0 Å². The fourth-order valence-electron chi connectivity index (χ4n) is 2.83. The Hall–Kier alpha value is -3.18. The number of nitrogens with zero attached hydrogens (tertiary/aromatic N) is 4. The molecule has 0 saturated carbocycles. The third-order valence-corrected chi connectivity index (χ3v) is 6.27. The normalized spacial score (nSPS) is 11.5. The number of benzene rings is 1. The lowest BCUT2D eigenvalue weighted by atomic mass is 10.1. The summed E-state index contributed by atoms with van der Waals surface area (Å²) in [5, 5.41) is 3.50. The summed E-state index contributed by atoms with van der Waals surface area (Å²) in [6, 6.07) is 11.8. The number of thioether (sulfide) groups is 1. The van der Waals surface area contributed by atoms with Crippen LogP contribution in [0, 0.1) is 0 Å². The highest BCUT2D eigenvalue weighted by molar-refractivity contribution is 7.99. The van der Waals surface area contributed by atoms with Gasteiger partial charge in [0.1, 0.15) is 0 Å². The van der Waals surface area contributed by atoms with E-state index in [0.29, 0.717) is 15.9 Å². The molecule has 0 atom stereocenters. The topological polar surface area (TPSA) is 72.7 Å². The van der Waals surface area contributed by atoms with Crippen molar-refractivity contribution >= 4 is 34.1 Å². The average molecular weight is 476 g/mol. The van der Waals surface area contributed by atoms with Crippen LogP contribution in [0.15, 0.2) is 66.1 Å². The maximum atomic E-state index is 12.6. The lowest BCUT2D eigenvalue weighted by Gasteiger charge is -2.06. The number of aromatic nitrogens is 4. The first-order chi connectivity index (χ1) is 15.3. The quantitative estimate of drug-likeness (QED) is 0.381. The molecule has 6 nitrogen and oxygen atoms in total. The third-order valence-electron chi connectivity index (χ3n) is 4.36. The van der Waals surface area contributed by atoms with Crippen molar-refractivity contribution in [1.82, 2.24) is 19.5 Å². The average Bonchev–Trinajstić information content (AvgIpc) is 3.38. The molecule has 0 radical (unpaired) electrons. The largest absolute Gasteiger partial charge is 0.417 e. The van der Waals surface area contributed by atoms with Crippen molar-refractivity contribution in [3.63, 3.8) is 0 Å². The van der Waals surface area contributed by atoms with Crippen molar-refractivity contribution in [1.29, 1.82) is 0 Å². The van der Waals surface area contributed by atoms with Gasteiger partial charge in [0.25, 0.3) is 0 Å². The van der Waals surface area contributed by atoms with Crippen molar-refractivity contribution in [2.45, 2.75) is 11.2 Å². The molecule has 0 aliphatic heterocycles. The first-order valence-corrected chi connectivity index (χ1v) is 11.1. The highest BCUT2D eigenvalue weighted by Crippen LogP contribution is 2.38. The number of rotatable bonds is 6. The molecule has 0 aliphatic carbocycles. The van der Waals surface area contributed by atoms with Gasteiger partial charge in [0.15, 0.2) is 11.0 Å². The van der Waals surface area contributed by atoms with Crippen LogP contribution in [0.25, 0.3) is 22.0 Å². The number of nitrogens with one attached hydrogen (secondary N) is 1. The first kappa shape index (κ1) is 22.0. The lowest BCUT2D eigenvalue weighted by Crippen LogP contribution is -2.14. The Morgan fingerprint density at radius 2 is 1.94 bits per heavy atom. The van der Waals surface area contributed by atoms with E-state index in [1.807, 2.05) is 48.1 Å². The number of aryl methyl sites for hydroxylation is 1. The molecule has 1 aromatic carbocycles. The first-order valence-electron chi connectivity index (χ1n) is 9.31. The van der Waals surface area contributed by atoms with Gasteiger partial charge in [-0.3, -0.25) is 4.79 Å². The van der Waals surface area contributed by atoms with Gasteiger partial charge in [0.2, 0.25) is 5.91 Å². The molecule has 1 amide bonds. The SMILES string of the molecule is Cn1ccnc1-c1sc(NC(=O)CSc2ccc(C(F)(F)F)cn2)nc1-c1ccccc1. The molecule has 3 aromatic heterocycles. The molecule has 4 rings (SSSR count). The summed E-state index contributed by atoms with van der Waals surface area (Å²) in [4.78, 5) is 26.0. The molecule has 0 spiro atoms. The van der Waals surface area contributed by atoms with E-state index in [-0.39, 0.29) is 11.7 Å². The van der Waals surface area contributed by atoms with E-state index in [1.165, 1.54) is 17.4 Å². The van der Waals surface area contributed by atoms with Gasteiger partial charge in [-0.15, -0.1) is 0 Å². The minimum atomic E-state index is -4.44. The number of carbonyl (C=O) groups excluding carboxylic acids is 1. The van der Waals surface area contributed by atoms with E-state index in [9.17, 15) is 18.0 Å². The number of alkyl halides is 3. The second-order valence-corrected chi connectivity index (χ2v) is 8.64. The van der Waals surface area contributed by atoms with Crippen LogP contribution in [0.3, 0.4) is 0 Å². The van der Waals surface area contributed by atoms with Crippen molar-refractivity contribution < 1.29 is 18.0 Å². The molecule has 164 valence electrons. The van der Waals surface area contributed by atoms with Gasteiger partial charge >= 0.3 is 6.18 Å². The fraction of sp³-hybridized carbons (Fsp3) is 0.143. The van der Waals surface area contributed by atoms with E-state index >= 15 is 0 Å². The van der Waals surface area contributed by atoms with E-state index in [1.54, 1.807) is 6.20 Å². The van der Waals surface area contributed by atoms with Crippen LogP contribution in [-0.4, -0.2) is 31.2 Å². The number of imidazole rings is 1. The third kappa shape index (κ3) is 5.00. The van der Waals surface area contributed by atoms with E-state index in [0.717, 1.165) is 40.3 Å². The van der Waals surface area contributed by atoms with Gasteiger partial charge in [-0.25, -0.2) is 15.0 Å². The zero-order valence-electron chi connectivity index (χ0n) is 16.6. The number of amides is 1.